The van der Waals surface area contributed by atoms with Crippen molar-refractivity contribution in [1.82, 2.24) is 10.6 Å². The number of carbonyl (C=O) groups excluding carboxylic acids is 1. The first-order valence-corrected chi connectivity index (χ1v) is 8.05. The van der Waals surface area contributed by atoms with Crippen molar-refractivity contribution >= 4 is 28.2 Å². The van der Waals surface area contributed by atoms with Crippen molar-refractivity contribution in [2.45, 2.75) is 24.8 Å². The van der Waals surface area contributed by atoms with Gasteiger partial charge in [0.1, 0.15) is 0 Å². The lowest BCUT2D eigenvalue weighted by atomic mass is 10.2. The van der Waals surface area contributed by atoms with Crippen LogP contribution in [0.4, 0.5) is 0 Å². The fourth-order valence-corrected chi connectivity index (χ4v) is 2.30. The number of halogens is 1. The molecule has 0 aliphatic carbocycles. The zero-order valence-corrected chi connectivity index (χ0v) is 13.5. The van der Waals surface area contributed by atoms with Gasteiger partial charge in [-0.15, -0.1) is 12.4 Å². The maximum atomic E-state index is 11.9. The Kier molecular flexibility index (Phi) is 7.78. The van der Waals surface area contributed by atoms with Gasteiger partial charge in [0.15, 0.2) is 9.84 Å². The van der Waals surface area contributed by atoms with Crippen LogP contribution in [0, 0.1) is 0 Å². The summed E-state index contributed by atoms with van der Waals surface area (Å²) in [6.07, 6.45) is 1.12. The Hall–Kier alpha value is -1.11. The molecule has 1 atom stereocenters. The second kappa shape index (κ2) is 8.24. The molecule has 114 valence electrons. The van der Waals surface area contributed by atoms with Crippen molar-refractivity contribution in [3.63, 3.8) is 0 Å². The third-order valence-electron chi connectivity index (χ3n) is 2.65. The third-order valence-corrected chi connectivity index (χ3v) is 3.76. The van der Waals surface area contributed by atoms with E-state index in [1.165, 1.54) is 12.1 Å². The van der Waals surface area contributed by atoms with Crippen LogP contribution in [0.3, 0.4) is 0 Å². The normalized spacial score (nSPS) is 12.3. The number of rotatable bonds is 6. The van der Waals surface area contributed by atoms with E-state index in [-0.39, 0.29) is 29.3 Å². The molecule has 0 radical (unpaired) electrons. The number of carbonyl (C=O) groups is 1. The molecule has 0 fully saturated rings. The largest absolute Gasteiger partial charge is 0.350 e. The Morgan fingerprint density at radius 2 is 2.00 bits per heavy atom. The molecule has 0 bridgehead atoms. The van der Waals surface area contributed by atoms with Crippen molar-refractivity contribution in [2.24, 2.45) is 0 Å². The van der Waals surface area contributed by atoms with Gasteiger partial charge in [-0.25, -0.2) is 8.42 Å². The minimum absolute atomic E-state index is 0. The summed E-state index contributed by atoms with van der Waals surface area (Å²) in [5.74, 6) is -0.268. The third kappa shape index (κ3) is 5.90. The van der Waals surface area contributed by atoms with Crippen LogP contribution in [0.1, 0.15) is 24.2 Å². The van der Waals surface area contributed by atoms with E-state index in [1.807, 2.05) is 13.8 Å². The number of hydrogen-bond donors (Lipinski definition) is 2. The molecule has 0 saturated carbocycles. The highest BCUT2D eigenvalue weighted by molar-refractivity contribution is 7.90. The van der Waals surface area contributed by atoms with Gasteiger partial charge in [-0.05, 0) is 31.7 Å². The predicted octanol–water partition coefficient (Wildman–Crippen LogP) is 1.24. The van der Waals surface area contributed by atoms with Crippen molar-refractivity contribution in [3.05, 3.63) is 29.8 Å². The number of amides is 1. The Labute approximate surface area is 126 Å². The maximum absolute atomic E-state index is 11.9. The Bertz CT molecular complexity index is 546. The first-order chi connectivity index (χ1) is 8.84. The highest BCUT2D eigenvalue weighted by Gasteiger charge is 2.12. The lowest BCUT2D eigenvalue weighted by Gasteiger charge is -2.13. The van der Waals surface area contributed by atoms with E-state index in [4.69, 9.17) is 0 Å². The second-order valence-electron chi connectivity index (χ2n) is 4.47. The second-order valence-corrected chi connectivity index (χ2v) is 6.48. The van der Waals surface area contributed by atoms with Gasteiger partial charge in [-0.2, -0.15) is 0 Å². The quantitative estimate of drug-likeness (QED) is 0.827. The smallest absolute Gasteiger partial charge is 0.251 e. The molecule has 0 spiro atoms. The van der Waals surface area contributed by atoms with Crippen molar-refractivity contribution in [1.29, 1.82) is 0 Å². The minimum atomic E-state index is -3.29. The van der Waals surface area contributed by atoms with Gasteiger partial charge in [0.2, 0.25) is 0 Å². The van der Waals surface area contributed by atoms with Crippen LogP contribution in [0.15, 0.2) is 29.2 Å². The summed E-state index contributed by atoms with van der Waals surface area (Å²) in [5, 5.41) is 5.94. The highest BCUT2D eigenvalue weighted by atomic mass is 35.5. The summed E-state index contributed by atoms with van der Waals surface area (Å²) in [6, 6.07) is 6.21. The number of benzene rings is 1. The van der Waals surface area contributed by atoms with Gasteiger partial charge in [0, 0.05) is 24.4 Å². The Balaban J connectivity index is 0.00000361. The molecular formula is C13H21ClN2O3S. The first-order valence-electron chi connectivity index (χ1n) is 6.16. The molecule has 0 saturated heterocycles. The molecule has 1 aromatic carbocycles. The number of hydrogen-bond acceptors (Lipinski definition) is 4. The number of nitrogens with one attached hydrogen (secondary N) is 2. The Morgan fingerprint density at radius 1 is 1.35 bits per heavy atom. The standard InChI is InChI=1S/C13H20N2O3S.ClH/c1-4-14-10(2)9-15-13(16)11-6-5-7-12(8-11)19(3,17)18;/h5-8,10,14H,4,9H2,1-3H3,(H,15,16);1H/t10-;/m1./s1. The van der Waals surface area contributed by atoms with Crippen LogP contribution in [0.5, 0.6) is 0 Å². The van der Waals surface area contributed by atoms with Crippen molar-refractivity contribution < 1.29 is 13.2 Å². The van der Waals surface area contributed by atoms with Gasteiger partial charge in [0.25, 0.3) is 5.91 Å². The van der Waals surface area contributed by atoms with Gasteiger partial charge in [-0.3, -0.25) is 4.79 Å². The van der Waals surface area contributed by atoms with Gasteiger partial charge in [-0.1, -0.05) is 13.0 Å². The molecule has 0 aromatic heterocycles. The van der Waals surface area contributed by atoms with Crippen LogP contribution in [0.25, 0.3) is 0 Å². The van der Waals surface area contributed by atoms with Gasteiger partial charge in [0.05, 0.1) is 4.90 Å². The molecule has 1 aromatic rings. The molecule has 1 amide bonds. The molecule has 0 heterocycles. The van der Waals surface area contributed by atoms with Gasteiger partial charge >= 0.3 is 0 Å². The average molecular weight is 321 g/mol. The SMILES string of the molecule is CCN[C@H](C)CNC(=O)c1cccc(S(C)(=O)=O)c1.Cl. The van der Waals surface area contributed by atoms with Crippen LogP contribution in [-0.4, -0.2) is 39.7 Å². The minimum Gasteiger partial charge on any atom is -0.350 e. The molecule has 5 nitrogen and oxygen atoms in total. The fraction of sp³-hybridized carbons (Fsp3) is 0.462. The topological polar surface area (TPSA) is 75.3 Å². The molecule has 1 rings (SSSR count). The first kappa shape index (κ1) is 18.9. The molecule has 2 N–H and O–H groups in total. The average Bonchev–Trinajstić information content (AvgIpc) is 2.35. The monoisotopic (exact) mass is 320 g/mol. The van der Waals surface area contributed by atoms with Crippen molar-refractivity contribution in [3.8, 4) is 0 Å². The van der Waals surface area contributed by atoms with E-state index in [9.17, 15) is 13.2 Å². The Morgan fingerprint density at radius 3 is 2.55 bits per heavy atom. The number of sulfone groups is 1. The van der Waals surface area contributed by atoms with Crippen molar-refractivity contribution in [2.75, 3.05) is 19.3 Å². The van der Waals surface area contributed by atoms with E-state index in [2.05, 4.69) is 10.6 Å². The zero-order chi connectivity index (χ0) is 14.5. The summed E-state index contributed by atoms with van der Waals surface area (Å²) in [5.41, 5.74) is 0.353. The molecule has 7 heteroatoms. The van der Waals surface area contributed by atoms with Gasteiger partial charge < -0.3 is 10.6 Å². The zero-order valence-electron chi connectivity index (χ0n) is 11.8. The van der Waals surface area contributed by atoms with E-state index in [0.29, 0.717) is 12.1 Å². The summed E-state index contributed by atoms with van der Waals surface area (Å²) in [7, 11) is -3.29. The fourth-order valence-electron chi connectivity index (χ4n) is 1.64. The summed E-state index contributed by atoms with van der Waals surface area (Å²) in [6.45, 7) is 5.29. The van der Waals surface area contributed by atoms with E-state index in [0.717, 1.165) is 12.8 Å². The highest BCUT2D eigenvalue weighted by Crippen LogP contribution is 2.11. The van der Waals surface area contributed by atoms with Crippen LogP contribution in [-0.2, 0) is 9.84 Å². The maximum Gasteiger partial charge on any atom is 0.251 e. The van der Waals surface area contributed by atoms with Crippen LogP contribution < -0.4 is 10.6 Å². The lowest BCUT2D eigenvalue weighted by molar-refractivity contribution is 0.0950. The molecular weight excluding hydrogens is 300 g/mol. The van der Waals surface area contributed by atoms with Crippen LogP contribution >= 0.6 is 12.4 Å². The summed E-state index contributed by atoms with van der Waals surface area (Å²) >= 11 is 0. The molecule has 20 heavy (non-hydrogen) atoms. The van der Waals surface area contributed by atoms with Crippen LogP contribution in [0.2, 0.25) is 0 Å². The molecule has 0 unspecified atom stereocenters. The lowest BCUT2D eigenvalue weighted by Crippen LogP contribution is -2.38. The molecule has 0 aliphatic rings. The van der Waals surface area contributed by atoms with E-state index >= 15 is 0 Å². The number of likely N-dealkylation sites (N-methyl/N-ethyl adjacent to an activating group) is 1. The summed E-state index contributed by atoms with van der Waals surface area (Å²) in [4.78, 5) is 12.1. The van der Waals surface area contributed by atoms with E-state index in [1.54, 1.807) is 12.1 Å². The molecule has 0 aliphatic heterocycles. The predicted molar refractivity (Wildman–Crippen MR) is 82.3 cm³/mol. The summed E-state index contributed by atoms with van der Waals surface area (Å²) < 4.78 is 22.8. The van der Waals surface area contributed by atoms with E-state index < -0.39 is 9.84 Å².